The molecule has 0 heterocycles. The third kappa shape index (κ3) is 4.05. The zero-order chi connectivity index (χ0) is 14.8. The summed E-state index contributed by atoms with van der Waals surface area (Å²) in [4.78, 5) is 12.5. The zero-order valence-electron chi connectivity index (χ0n) is 10.7. The molecule has 0 unspecified atom stereocenters. The molecule has 0 aliphatic rings. The monoisotopic (exact) mass is 337 g/mol. The van der Waals surface area contributed by atoms with Gasteiger partial charge in [0.25, 0.3) is 0 Å². The number of alkyl halides is 2. The topological polar surface area (TPSA) is 49.8 Å². The molecule has 0 fully saturated rings. The molecule has 0 bridgehead atoms. The number of rotatable bonds is 3. The van der Waals surface area contributed by atoms with Gasteiger partial charge in [-0.05, 0) is 54.9 Å². The van der Waals surface area contributed by atoms with Gasteiger partial charge < -0.3 is 9.84 Å². The summed E-state index contributed by atoms with van der Waals surface area (Å²) in [5.41, 5.74) is -0.305. The molecule has 0 aliphatic carbocycles. The Morgan fingerprint density at radius 1 is 1.42 bits per heavy atom. The molecule has 0 saturated carbocycles. The Bertz CT molecular complexity index is 475. The lowest BCUT2D eigenvalue weighted by atomic mass is 10.1. The van der Waals surface area contributed by atoms with Crippen LogP contribution in [0.1, 0.15) is 20.8 Å². The van der Waals surface area contributed by atoms with Crippen molar-refractivity contribution in [3.8, 4) is 5.75 Å². The summed E-state index contributed by atoms with van der Waals surface area (Å²) in [6.45, 7) is 2.28. The van der Waals surface area contributed by atoms with E-state index in [9.17, 15) is 18.7 Å². The van der Waals surface area contributed by atoms with E-state index in [2.05, 4.69) is 20.7 Å². The Balaban J connectivity index is 3.16. The molecule has 0 spiro atoms. The van der Waals surface area contributed by atoms with Gasteiger partial charge in [0, 0.05) is 10.0 Å². The van der Waals surface area contributed by atoms with Crippen molar-refractivity contribution in [1.29, 1.82) is 0 Å². The summed E-state index contributed by atoms with van der Waals surface area (Å²) >= 11 is 3.17. The van der Waals surface area contributed by atoms with Crippen molar-refractivity contribution in [3.05, 3.63) is 22.7 Å². The third-order valence-electron chi connectivity index (χ3n) is 2.25. The number of benzene rings is 1. The summed E-state index contributed by atoms with van der Waals surface area (Å²) < 4.78 is 28.8. The second-order valence-electron chi connectivity index (χ2n) is 4.78. The standard InChI is InChI=1S/C12H14BrF2NO3/c1-12(2,3)16(11(17)18)9-5-4-7(6-8(9)13)19-10(14)15/h4-6,10H,1-3H3,(H,17,18). The first kappa shape index (κ1) is 15.7. The van der Waals surface area contributed by atoms with Crippen LogP contribution in [-0.2, 0) is 0 Å². The van der Waals surface area contributed by atoms with Crippen molar-refractivity contribution in [3.63, 3.8) is 0 Å². The molecule has 0 aliphatic heterocycles. The van der Waals surface area contributed by atoms with E-state index in [1.807, 2.05) is 0 Å². The minimum Gasteiger partial charge on any atom is -0.465 e. The number of carboxylic acid groups (broad SMARTS) is 1. The number of amides is 1. The Morgan fingerprint density at radius 3 is 2.37 bits per heavy atom. The van der Waals surface area contributed by atoms with Crippen LogP contribution in [0.3, 0.4) is 0 Å². The fourth-order valence-corrected chi connectivity index (χ4v) is 2.13. The van der Waals surface area contributed by atoms with Crippen LogP contribution >= 0.6 is 15.9 Å². The quantitative estimate of drug-likeness (QED) is 0.892. The molecule has 1 aromatic carbocycles. The van der Waals surface area contributed by atoms with Crippen LogP contribution in [0.4, 0.5) is 19.3 Å². The molecule has 0 atom stereocenters. The lowest BCUT2D eigenvalue weighted by Gasteiger charge is -2.33. The van der Waals surface area contributed by atoms with Gasteiger partial charge in [-0.2, -0.15) is 8.78 Å². The Kier molecular flexibility index (Phi) is 4.73. The van der Waals surface area contributed by atoms with Gasteiger partial charge in [0.05, 0.1) is 5.69 Å². The second-order valence-corrected chi connectivity index (χ2v) is 5.63. The first-order chi connectivity index (χ1) is 8.62. The highest BCUT2D eigenvalue weighted by atomic mass is 79.9. The van der Waals surface area contributed by atoms with Gasteiger partial charge in [0.1, 0.15) is 5.75 Å². The summed E-state index contributed by atoms with van der Waals surface area (Å²) in [5, 5.41) is 9.26. The first-order valence-corrected chi connectivity index (χ1v) is 6.19. The minimum absolute atomic E-state index is 0.0372. The van der Waals surface area contributed by atoms with Crippen LogP contribution in [0.25, 0.3) is 0 Å². The van der Waals surface area contributed by atoms with Gasteiger partial charge in [-0.25, -0.2) is 4.79 Å². The molecule has 1 rings (SSSR count). The third-order valence-corrected chi connectivity index (χ3v) is 2.88. The van der Waals surface area contributed by atoms with Crippen molar-refractivity contribution < 1.29 is 23.4 Å². The largest absolute Gasteiger partial charge is 0.465 e. The van der Waals surface area contributed by atoms with E-state index in [0.29, 0.717) is 10.2 Å². The van der Waals surface area contributed by atoms with E-state index in [-0.39, 0.29) is 5.75 Å². The number of halogens is 3. The first-order valence-electron chi connectivity index (χ1n) is 5.40. The van der Waals surface area contributed by atoms with Gasteiger partial charge in [0.2, 0.25) is 0 Å². The van der Waals surface area contributed by atoms with E-state index >= 15 is 0 Å². The average Bonchev–Trinajstić information content (AvgIpc) is 2.18. The highest BCUT2D eigenvalue weighted by Gasteiger charge is 2.29. The molecular weight excluding hydrogens is 324 g/mol. The van der Waals surface area contributed by atoms with E-state index in [1.165, 1.54) is 18.2 Å². The van der Waals surface area contributed by atoms with Gasteiger partial charge >= 0.3 is 12.7 Å². The molecule has 1 aromatic rings. The maximum Gasteiger partial charge on any atom is 0.412 e. The number of anilines is 1. The fraction of sp³-hybridized carbons (Fsp3) is 0.417. The van der Waals surface area contributed by atoms with Gasteiger partial charge in [-0.3, -0.25) is 4.90 Å². The molecule has 4 nitrogen and oxygen atoms in total. The minimum atomic E-state index is -2.92. The summed E-state index contributed by atoms with van der Waals surface area (Å²) in [6, 6.07) is 4.03. The highest BCUT2D eigenvalue weighted by molar-refractivity contribution is 9.10. The molecule has 0 saturated heterocycles. The highest BCUT2D eigenvalue weighted by Crippen LogP contribution is 2.34. The Labute approximate surface area is 118 Å². The van der Waals surface area contributed by atoms with Crippen molar-refractivity contribution in [1.82, 2.24) is 0 Å². The van der Waals surface area contributed by atoms with Crippen LogP contribution in [-0.4, -0.2) is 23.4 Å². The van der Waals surface area contributed by atoms with Crippen molar-refractivity contribution in [2.45, 2.75) is 32.9 Å². The van der Waals surface area contributed by atoms with E-state index in [4.69, 9.17) is 0 Å². The predicted octanol–water partition coefficient (Wildman–Crippen LogP) is 4.33. The molecule has 7 heteroatoms. The zero-order valence-corrected chi connectivity index (χ0v) is 12.2. The van der Waals surface area contributed by atoms with E-state index in [1.54, 1.807) is 20.8 Å². The molecule has 1 N–H and O–H groups in total. The van der Waals surface area contributed by atoms with Crippen molar-refractivity contribution >= 4 is 27.7 Å². The number of carbonyl (C=O) groups is 1. The van der Waals surface area contributed by atoms with Crippen LogP contribution in [0, 0.1) is 0 Å². The lowest BCUT2D eigenvalue weighted by molar-refractivity contribution is -0.0498. The number of ether oxygens (including phenoxy) is 1. The number of hydrogen-bond acceptors (Lipinski definition) is 2. The lowest BCUT2D eigenvalue weighted by Crippen LogP contribution is -2.45. The van der Waals surface area contributed by atoms with Crippen LogP contribution in [0.15, 0.2) is 22.7 Å². The van der Waals surface area contributed by atoms with Gasteiger partial charge in [-0.15, -0.1) is 0 Å². The smallest absolute Gasteiger partial charge is 0.412 e. The second kappa shape index (κ2) is 5.73. The van der Waals surface area contributed by atoms with Gasteiger partial charge in [0.15, 0.2) is 0 Å². The van der Waals surface area contributed by atoms with Crippen LogP contribution in [0.5, 0.6) is 5.75 Å². The van der Waals surface area contributed by atoms with Gasteiger partial charge in [-0.1, -0.05) is 0 Å². The number of nitrogens with zero attached hydrogens (tertiary/aromatic N) is 1. The van der Waals surface area contributed by atoms with E-state index < -0.39 is 18.2 Å². The Morgan fingerprint density at radius 2 is 2.00 bits per heavy atom. The van der Waals surface area contributed by atoms with Crippen LogP contribution in [0.2, 0.25) is 0 Å². The molecule has 19 heavy (non-hydrogen) atoms. The summed E-state index contributed by atoms with van der Waals surface area (Å²) in [7, 11) is 0. The Hall–Kier alpha value is -1.37. The average molecular weight is 338 g/mol. The predicted molar refractivity (Wildman–Crippen MR) is 71.0 cm³/mol. The van der Waals surface area contributed by atoms with Crippen LogP contribution < -0.4 is 9.64 Å². The van der Waals surface area contributed by atoms with Crippen molar-refractivity contribution in [2.75, 3.05) is 4.90 Å². The molecule has 106 valence electrons. The molecule has 1 amide bonds. The van der Waals surface area contributed by atoms with E-state index in [0.717, 1.165) is 4.90 Å². The maximum atomic E-state index is 12.1. The molecule has 0 aromatic heterocycles. The normalized spacial score (nSPS) is 11.5. The summed E-state index contributed by atoms with van der Waals surface area (Å²) in [6.07, 6.45) is -1.13. The SMILES string of the molecule is CC(C)(C)N(C(=O)O)c1ccc(OC(F)F)cc1Br. The maximum absolute atomic E-state index is 12.1. The number of hydrogen-bond donors (Lipinski definition) is 1. The molecule has 0 radical (unpaired) electrons. The van der Waals surface area contributed by atoms with Crippen molar-refractivity contribution in [2.24, 2.45) is 0 Å². The fourth-order valence-electron chi connectivity index (χ4n) is 1.60. The summed E-state index contributed by atoms with van der Waals surface area (Å²) in [5.74, 6) is -0.0372. The molecular formula is C12H14BrF2NO3.